The second kappa shape index (κ2) is 7.17. The van der Waals surface area contributed by atoms with E-state index in [0.29, 0.717) is 18.5 Å². The molecule has 1 unspecified atom stereocenters. The van der Waals surface area contributed by atoms with Gasteiger partial charge in [-0.25, -0.2) is 4.68 Å². The van der Waals surface area contributed by atoms with Gasteiger partial charge in [-0.2, -0.15) is 0 Å². The SMILES string of the molecule is CCCn1nnnc1CN1CCC(N(C)Cc2nnc(C3CC3)o2)C1. The van der Waals surface area contributed by atoms with Gasteiger partial charge in [0.05, 0.1) is 13.1 Å². The van der Waals surface area contributed by atoms with Crippen LogP contribution in [-0.4, -0.2) is 66.4 Å². The molecule has 0 bridgehead atoms. The highest BCUT2D eigenvalue weighted by molar-refractivity contribution is 5.00. The van der Waals surface area contributed by atoms with Crippen LogP contribution in [-0.2, 0) is 19.6 Å². The van der Waals surface area contributed by atoms with Crippen molar-refractivity contribution in [3.8, 4) is 0 Å². The summed E-state index contributed by atoms with van der Waals surface area (Å²) in [6.07, 6.45) is 4.55. The minimum atomic E-state index is 0.492. The first-order chi connectivity index (χ1) is 12.2. The number of aryl methyl sites for hydroxylation is 1. The molecule has 136 valence electrons. The number of aromatic nitrogens is 6. The number of hydrogen-bond donors (Lipinski definition) is 0. The summed E-state index contributed by atoms with van der Waals surface area (Å²) in [7, 11) is 2.14. The monoisotopic (exact) mass is 346 g/mol. The summed E-state index contributed by atoms with van der Waals surface area (Å²) in [5.41, 5.74) is 0. The molecule has 1 atom stereocenters. The third kappa shape index (κ3) is 3.87. The van der Waals surface area contributed by atoms with E-state index in [9.17, 15) is 0 Å². The Bertz CT molecular complexity index is 694. The number of likely N-dealkylation sites (tertiary alicyclic amines) is 1. The van der Waals surface area contributed by atoms with Crippen LogP contribution in [0.3, 0.4) is 0 Å². The Morgan fingerprint density at radius 1 is 1.20 bits per heavy atom. The van der Waals surface area contributed by atoms with E-state index in [1.807, 2.05) is 4.68 Å². The van der Waals surface area contributed by atoms with Gasteiger partial charge >= 0.3 is 0 Å². The molecule has 9 heteroatoms. The summed E-state index contributed by atoms with van der Waals surface area (Å²) >= 11 is 0. The Morgan fingerprint density at radius 3 is 2.88 bits per heavy atom. The summed E-state index contributed by atoms with van der Waals surface area (Å²) in [6.45, 7) is 6.61. The zero-order valence-electron chi connectivity index (χ0n) is 15.0. The van der Waals surface area contributed by atoms with Crippen LogP contribution in [0.2, 0.25) is 0 Å². The topological polar surface area (TPSA) is 89.0 Å². The molecular formula is C16H26N8O. The molecule has 1 aliphatic heterocycles. The average molecular weight is 346 g/mol. The molecule has 25 heavy (non-hydrogen) atoms. The summed E-state index contributed by atoms with van der Waals surface area (Å²) in [5, 5.41) is 20.4. The van der Waals surface area contributed by atoms with Gasteiger partial charge in [-0.15, -0.1) is 15.3 Å². The van der Waals surface area contributed by atoms with Crippen molar-refractivity contribution >= 4 is 0 Å². The zero-order valence-corrected chi connectivity index (χ0v) is 15.0. The lowest BCUT2D eigenvalue weighted by atomic mass is 10.2. The summed E-state index contributed by atoms with van der Waals surface area (Å²) in [6, 6.07) is 0.492. The van der Waals surface area contributed by atoms with Crippen LogP contribution in [0.15, 0.2) is 4.42 Å². The second-order valence-corrected chi connectivity index (χ2v) is 7.22. The van der Waals surface area contributed by atoms with Gasteiger partial charge in [-0.05, 0) is 43.2 Å². The third-order valence-corrected chi connectivity index (χ3v) is 5.07. The largest absolute Gasteiger partial charge is 0.424 e. The molecule has 9 nitrogen and oxygen atoms in total. The van der Waals surface area contributed by atoms with Crippen molar-refractivity contribution in [1.29, 1.82) is 0 Å². The Labute approximate surface area is 147 Å². The highest BCUT2D eigenvalue weighted by Gasteiger charge is 2.31. The highest BCUT2D eigenvalue weighted by atomic mass is 16.4. The fraction of sp³-hybridized carbons (Fsp3) is 0.812. The molecular weight excluding hydrogens is 320 g/mol. The molecule has 0 amide bonds. The number of rotatable bonds is 8. The van der Waals surface area contributed by atoms with Crippen molar-refractivity contribution < 1.29 is 4.42 Å². The van der Waals surface area contributed by atoms with Crippen LogP contribution in [0.25, 0.3) is 0 Å². The van der Waals surface area contributed by atoms with Gasteiger partial charge in [0.25, 0.3) is 0 Å². The van der Waals surface area contributed by atoms with E-state index in [1.165, 1.54) is 12.8 Å². The summed E-state index contributed by atoms with van der Waals surface area (Å²) < 4.78 is 7.70. The lowest BCUT2D eigenvalue weighted by molar-refractivity contribution is 0.202. The number of nitrogens with zero attached hydrogens (tertiary/aromatic N) is 8. The van der Waals surface area contributed by atoms with Crippen LogP contribution in [0.5, 0.6) is 0 Å². The van der Waals surface area contributed by atoms with Crippen molar-refractivity contribution in [2.45, 2.75) is 64.2 Å². The van der Waals surface area contributed by atoms with Crippen LogP contribution in [0.1, 0.15) is 56.1 Å². The number of hydrogen-bond acceptors (Lipinski definition) is 8. The first kappa shape index (κ1) is 16.6. The highest BCUT2D eigenvalue weighted by Crippen LogP contribution is 2.39. The molecule has 0 spiro atoms. The molecule has 4 rings (SSSR count). The molecule has 1 saturated heterocycles. The van der Waals surface area contributed by atoms with Gasteiger partial charge in [0.15, 0.2) is 5.82 Å². The van der Waals surface area contributed by atoms with Crippen molar-refractivity contribution in [3.63, 3.8) is 0 Å². The normalized spacial score (nSPS) is 21.5. The summed E-state index contributed by atoms with van der Waals surface area (Å²) in [5.74, 6) is 3.02. The summed E-state index contributed by atoms with van der Waals surface area (Å²) in [4.78, 5) is 4.74. The van der Waals surface area contributed by atoms with E-state index in [0.717, 1.165) is 56.6 Å². The first-order valence-corrected chi connectivity index (χ1v) is 9.23. The molecule has 1 aliphatic carbocycles. The van der Waals surface area contributed by atoms with E-state index in [2.05, 4.69) is 49.5 Å². The maximum absolute atomic E-state index is 5.79. The van der Waals surface area contributed by atoms with Crippen molar-refractivity contribution in [3.05, 3.63) is 17.6 Å². The van der Waals surface area contributed by atoms with E-state index in [1.54, 1.807) is 0 Å². The molecule has 2 fully saturated rings. The fourth-order valence-electron chi connectivity index (χ4n) is 3.41. The van der Waals surface area contributed by atoms with E-state index in [4.69, 9.17) is 4.42 Å². The Hall–Kier alpha value is -1.87. The smallest absolute Gasteiger partial charge is 0.230 e. The van der Waals surface area contributed by atoms with Gasteiger partial charge in [0, 0.05) is 31.6 Å². The van der Waals surface area contributed by atoms with Crippen LogP contribution >= 0.6 is 0 Å². The minimum Gasteiger partial charge on any atom is -0.424 e. The number of likely N-dealkylation sites (N-methyl/N-ethyl adjacent to an activating group) is 1. The van der Waals surface area contributed by atoms with Gasteiger partial charge < -0.3 is 4.42 Å². The molecule has 2 aliphatic rings. The van der Waals surface area contributed by atoms with Gasteiger partial charge in [-0.1, -0.05) is 6.92 Å². The minimum absolute atomic E-state index is 0.492. The first-order valence-electron chi connectivity index (χ1n) is 9.23. The maximum atomic E-state index is 5.79. The van der Waals surface area contributed by atoms with E-state index in [-0.39, 0.29) is 0 Å². The van der Waals surface area contributed by atoms with Crippen molar-refractivity contribution in [2.24, 2.45) is 0 Å². The van der Waals surface area contributed by atoms with E-state index >= 15 is 0 Å². The fourth-order valence-corrected chi connectivity index (χ4v) is 3.41. The molecule has 3 heterocycles. The van der Waals surface area contributed by atoms with Gasteiger partial charge in [0.2, 0.25) is 11.8 Å². The van der Waals surface area contributed by atoms with Crippen molar-refractivity contribution in [2.75, 3.05) is 20.1 Å². The third-order valence-electron chi connectivity index (χ3n) is 5.07. The molecule has 0 radical (unpaired) electrons. The lowest BCUT2D eigenvalue weighted by Gasteiger charge is -2.23. The van der Waals surface area contributed by atoms with Gasteiger partial charge in [0.1, 0.15) is 0 Å². The average Bonchev–Trinajstić information content (AvgIpc) is 2.99. The predicted octanol–water partition coefficient (Wildman–Crippen LogP) is 1.05. The Morgan fingerprint density at radius 2 is 2.08 bits per heavy atom. The van der Waals surface area contributed by atoms with Gasteiger partial charge in [-0.3, -0.25) is 9.80 Å². The second-order valence-electron chi connectivity index (χ2n) is 7.22. The lowest BCUT2D eigenvalue weighted by Crippen LogP contribution is -2.34. The van der Waals surface area contributed by atoms with Crippen LogP contribution in [0.4, 0.5) is 0 Å². The quantitative estimate of drug-likeness (QED) is 0.701. The molecule has 2 aromatic rings. The van der Waals surface area contributed by atoms with Crippen LogP contribution < -0.4 is 0 Å². The maximum Gasteiger partial charge on any atom is 0.230 e. The molecule has 0 aromatic carbocycles. The Balaban J connectivity index is 1.29. The Kier molecular flexibility index (Phi) is 4.76. The standard InChI is InChI=1S/C16H26N8O/c1-3-7-24-14(17-20-21-24)10-23-8-6-13(9-23)22(2)11-15-18-19-16(25-15)12-4-5-12/h12-13H,3-11H2,1-2H3. The molecule has 1 saturated carbocycles. The zero-order chi connectivity index (χ0) is 17.2. The molecule has 2 aromatic heterocycles. The van der Waals surface area contributed by atoms with E-state index < -0.39 is 0 Å². The van der Waals surface area contributed by atoms with Crippen LogP contribution in [0, 0.1) is 0 Å². The predicted molar refractivity (Wildman–Crippen MR) is 89.5 cm³/mol. The molecule has 0 N–H and O–H groups in total. The number of tetrazole rings is 1. The van der Waals surface area contributed by atoms with Crippen molar-refractivity contribution in [1.82, 2.24) is 40.2 Å².